The van der Waals surface area contributed by atoms with Crippen LogP contribution in [0.25, 0.3) is 5.69 Å². The molecule has 0 N–H and O–H groups in total. The first-order chi connectivity index (χ1) is 13.5. The van der Waals surface area contributed by atoms with Crippen LogP contribution in [0.3, 0.4) is 0 Å². The van der Waals surface area contributed by atoms with Crippen molar-refractivity contribution < 1.29 is 14.0 Å². The molecule has 0 unspecified atom stereocenters. The van der Waals surface area contributed by atoms with E-state index in [-0.39, 0.29) is 11.8 Å². The highest BCUT2D eigenvalue weighted by Crippen LogP contribution is 2.17. The fourth-order valence-electron chi connectivity index (χ4n) is 3.25. The summed E-state index contributed by atoms with van der Waals surface area (Å²) >= 11 is 5.94. The van der Waals surface area contributed by atoms with E-state index in [4.69, 9.17) is 16.0 Å². The van der Waals surface area contributed by atoms with Crippen molar-refractivity contribution in [2.24, 2.45) is 0 Å². The van der Waals surface area contributed by atoms with Crippen molar-refractivity contribution in [2.75, 3.05) is 26.2 Å². The molecule has 1 aliphatic rings. The SMILES string of the molecule is Cc1cc(C(=O)N2CCN(C(=O)c3ccco3)CC2)nn1-c1ccc(Cl)cc1. The van der Waals surface area contributed by atoms with Gasteiger partial charge in [-0.05, 0) is 49.4 Å². The molecule has 8 heteroatoms. The molecule has 1 aliphatic heterocycles. The summed E-state index contributed by atoms with van der Waals surface area (Å²) in [5.74, 6) is 0.0259. The van der Waals surface area contributed by atoms with Crippen molar-refractivity contribution in [3.05, 3.63) is 70.9 Å². The van der Waals surface area contributed by atoms with Gasteiger partial charge in [0, 0.05) is 36.9 Å². The molecule has 144 valence electrons. The fourth-order valence-corrected chi connectivity index (χ4v) is 3.38. The molecule has 4 rings (SSSR count). The lowest BCUT2D eigenvalue weighted by atomic mass is 10.2. The van der Waals surface area contributed by atoms with E-state index in [1.165, 1.54) is 6.26 Å². The van der Waals surface area contributed by atoms with Gasteiger partial charge in [0.1, 0.15) is 0 Å². The number of carbonyl (C=O) groups excluding carboxylic acids is 2. The van der Waals surface area contributed by atoms with Gasteiger partial charge in [0.2, 0.25) is 0 Å². The molecule has 3 heterocycles. The maximum atomic E-state index is 12.9. The highest BCUT2D eigenvalue weighted by Gasteiger charge is 2.28. The normalized spacial score (nSPS) is 14.4. The molecule has 0 radical (unpaired) electrons. The van der Waals surface area contributed by atoms with Gasteiger partial charge in [-0.15, -0.1) is 0 Å². The van der Waals surface area contributed by atoms with E-state index in [9.17, 15) is 9.59 Å². The second-order valence-corrected chi connectivity index (χ2v) is 7.06. The number of nitrogens with zero attached hydrogens (tertiary/aromatic N) is 4. The third kappa shape index (κ3) is 3.53. The number of aromatic nitrogens is 2. The molecule has 0 bridgehead atoms. The monoisotopic (exact) mass is 398 g/mol. The van der Waals surface area contributed by atoms with Crippen LogP contribution in [0, 0.1) is 6.92 Å². The molecule has 3 aromatic rings. The first-order valence-corrected chi connectivity index (χ1v) is 9.35. The molecule has 0 atom stereocenters. The van der Waals surface area contributed by atoms with Crippen LogP contribution < -0.4 is 0 Å². The van der Waals surface area contributed by atoms with Crippen molar-refractivity contribution in [3.8, 4) is 5.69 Å². The van der Waals surface area contributed by atoms with Gasteiger partial charge in [-0.3, -0.25) is 9.59 Å². The zero-order valence-electron chi connectivity index (χ0n) is 15.3. The molecule has 0 aliphatic carbocycles. The minimum atomic E-state index is -0.153. The number of rotatable bonds is 3. The average molecular weight is 399 g/mol. The summed E-state index contributed by atoms with van der Waals surface area (Å²) in [4.78, 5) is 28.6. The highest BCUT2D eigenvalue weighted by atomic mass is 35.5. The molecule has 1 fully saturated rings. The lowest BCUT2D eigenvalue weighted by Gasteiger charge is -2.33. The van der Waals surface area contributed by atoms with Crippen LogP contribution in [-0.4, -0.2) is 57.6 Å². The molecule has 0 saturated carbocycles. The number of aryl methyl sites for hydroxylation is 1. The van der Waals surface area contributed by atoms with Crippen molar-refractivity contribution >= 4 is 23.4 Å². The smallest absolute Gasteiger partial charge is 0.289 e. The number of carbonyl (C=O) groups is 2. The van der Waals surface area contributed by atoms with Gasteiger partial charge in [0.05, 0.1) is 12.0 Å². The third-order valence-corrected chi connectivity index (χ3v) is 5.02. The Morgan fingerprint density at radius 3 is 2.25 bits per heavy atom. The Kier molecular flexibility index (Phi) is 4.92. The Morgan fingerprint density at radius 1 is 1.00 bits per heavy atom. The van der Waals surface area contributed by atoms with Crippen molar-refractivity contribution in [1.29, 1.82) is 0 Å². The Balaban J connectivity index is 1.44. The van der Waals surface area contributed by atoms with Crippen molar-refractivity contribution in [2.45, 2.75) is 6.92 Å². The molecule has 7 nitrogen and oxygen atoms in total. The summed E-state index contributed by atoms with van der Waals surface area (Å²) in [7, 11) is 0. The van der Waals surface area contributed by atoms with Crippen LogP contribution in [0.2, 0.25) is 5.02 Å². The van der Waals surface area contributed by atoms with Crippen LogP contribution in [0.4, 0.5) is 0 Å². The summed E-state index contributed by atoms with van der Waals surface area (Å²) in [6.07, 6.45) is 1.48. The molecule has 28 heavy (non-hydrogen) atoms. The second-order valence-electron chi connectivity index (χ2n) is 6.62. The number of hydrogen-bond donors (Lipinski definition) is 0. The van der Waals surface area contributed by atoms with E-state index < -0.39 is 0 Å². The van der Waals surface area contributed by atoms with Crippen LogP contribution in [0.15, 0.2) is 53.1 Å². The zero-order valence-corrected chi connectivity index (χ0v) is 16.1. The topological polar surface area (TPSA) is 71.6 Å². The number of piperazine rings is 1. The molecular formula is C20H19ClN4O3. The van der Waals surface area contributed by atoms with E-state index in [0.717, 1.165) is 11.4 Å². The van der Waals surface area contributed by atoms with Gasteiger partial charge >= 0.3 is 0 Å². The van der Waals surface area contributed by atoms with Crippen molar-refractivity contribution in [3.63, 3.8) is 0 Å². The third-order valence-electron chi connectivity index (χ3n) is 4.76. The van der Waals surface area contributed by atoms with E-state index in [1.54, 1.807) is 44.8 Å². The largest absolute Gasteiger partial charge is 0.459 e. The maximum absolute atomic E-state index is 12.9. The van der Waals surface area contributed by atoms with E-state index in [1.807, 2.05) is 19.1 Å². The number of halogens is 1. The number of benzene rings is 1. The van der Waals surface area contributed by atoms with Gasteiger partial charge in [0.15, 0.2) is 11.5 Å². The lowest BCUT2D eigenvalue weighted by molar-refractivity contribution is 0.0515. The number of hydrogen-bond acceptors (Lipinski definition) is 4. The molecule has 2 aromatic heterocycles. The molecule has 1 aromatic carbocycles. The maximum Gasteiger partial charge on any atom is 0.289 e. The Bertz CT molecular complexity index is 987. The Labute approximate surface area is 167 Å². The summed E-state index contributed by atoms with van der Waals surface area (Å²) < 4.78 is 6.89. The quantitative estimate of drug-likeness (QED) is 0.679. The first-order valence-electron chi connectivity index (χ1n) is 8.97. The van der Waals surface area contributed by atoms with E-state index in [0.29, 0.717) is 42.7 Å². The summed E-state index contributed by atoms with van der Waals surface area (Å²) in [6, 6.07) is 12.4. The highest BCUT2D eigenvalue weighted by molar-refractivity contribution is 6.30. The van der Waals surface area contributed by atoms with Crippen LogP contribution in [-0.2, 0) is 0 Å². The van der Waals surface area contributed by atoms with Gasteiger partial charge in [-0.1, -0.05) is 11.6 Å². The summed E-state index contributed by atoms with van der Waals surface area (Å²) in [6.45, 7) is 3.74. The second kappa shape index (κ2) is 7.52. The average Bonchev–Trinajstić information content (AvgIpc) is 3.38. The lowest BCUT2D eigenvalue weighted by Crippen LogP contribution is -2.50. The zero-order chi connectivity index (χ0) is 19.7. The van der Waals surface area contributed by atoms with Gasteiger partial charge in [-0.25, -0.2) is 4.68 Å². The van der Waals surface area contributed by atoms with E-state index >= 15 is 0 Å². The minimum absolute atomic E-state index is 0.138. The first kappa shape index (κ1) is 18.3. The Hall–Kier alpha value is -3.06. The van der Waals surface area contributed by atoms with Gasteiger partial charge in [-0.2, -0.15) is 5.10 Å². The number of amides is 2. The van der Waals surface area contributed by atoms with Crippen LogP contribution >= 0.6 is 11.6 Å². The summed E-state index contributed by atoms with van der Waals surface area (Å²) in [5, 5.41) is 5.11. The van der Waals surface area contributed by atoms with Crippen molar-refractivity contribution in [1.82, 2.24) is 19.6 Å². The van der Waals surface area contributed by atoms with Crippen LogP contribution in [0.5, 0.6) is 0 Å². The van der Waals surface area contributed by atoms with E-state index in [2.05, 4.69) is 5.10 Å². The van der Waals surface area contributed by atoms with Gasteiger partial charge in [0.25, 0.3) is 11.8 Å². The fraction of sp³-hybridized carbons (Fsp3) is 0.250. The predicted molar refractivity (Wildman–Crippen MR) is 104 cm³/mol. The number of furan rings is 1. The Morgan fingerprint density at radius 2 is 1.64 bits per heavy atom. The molecule has 0 spiro atoms. The molecule has 1 saturated heterocycles. The minimum Gasteiger partial charge on any atom is -0.459 e. The summed E-state index contributed by atoms with van der Waals surface area (Å²) in [5.41, 5.74) is 2.09. The predicted octanol–water partition coefficient (Wildman–Crippen LogP) is 3.03. The standard InChI is InChI=1S/C20H19ClN4O3/c1-14-13-17(22-25(14)16-6-4-15(21)5-7-16)19(26)23-8-10-24(11-9-23)20(27)18-3-2-12-28-18/h2-7,12-13H,8-11H2,1H3. The molecular weight excluding hydrogens is 380 g/mol. The van der Waals surface area contributed by atoms with Crippen LogP contribution in [0.1, 0.15) is 26.7 Å². The van der Waals surface area contributed by atoms with Gasteiger partial charge < -0.3 is 14.2 Å². The molecule has 2 amide bonds.